The number of hydrogen-bond donors (Lipinski definition) is 0. The van der Waals surface area contributed by atoms with Crippen LogP contribution in [-0.2, 0) is 9.05 Å². The Morgan fingerprint density at radius 2 is 1.70 bits per heavy atom. The second-order valence-electron chi connectivity index (χ2n) is 1.62. The van der Waals surface area contributed by atoms with Crippen molar-refractivity contribution in [3.05, 3.63) is 0 Å². The highest BCUT2D eigenvalue weighted by molar-refractivity contribution is 8.16. The zero-order valence-corrected chi connectivity index (χ0v) is 8.65. The summed E-state index contributed by atoms with van der Waals surface area (Å²) in [4.78, 5) is 0. The number of rotatable bonds is 2. The molecule has 62 valence electrons. The molecular weight excluding hydrogens is 242 g/mol. The van der Waals surface area contributed by atoms with E-state index in [1.807, 2.05) is 0 Å². The molecule has 0 aliphatic heterocycles. The van der Waals surface area contributed by atoms with Gasteiger partial charge < -0.3 is 0 Å². The van der Waals surface area contributed by atoms with E-state index in [0.29, 0.717) is 0 Å². The maximum Gasteiger partial charge on any atom is 0.268 e. The molecular formula is C3H4Cl4O2S. The number of halogens is 4. The Bertz CT molecular complexity index is 207. The lowest BCUT2D eigenvalue weighted by Gasteiger charge is -2.17. The molecule has 0 aliphatic carbocycles. The van der Waals surface area contributed by atoms with Gasteiger partial charge in [-0.05, 0) is 6.92 Å². The summed E-state index contributed by atoms with van der Waals surface area (Å²) in [5, 5.41) is -0.960. The van der Waals surface area contributed by atoms with E-state index in [1.165, 1.54) is 6.92 Å². The Morgan fingerprint density at radius 3 is 1.70 bits per heavy atom. The minimum Gasteiger partial charge on any atom is -0.209 e. The molecule has 0 fully saturated rings. The molecule has 0 saturated heterocycles. The maximum absolute atomic E-state index is 10.5. The van der Waals surface area contributed by atoms with E-state index in [-0.39, 0.29) is 0 Å². The van der Waals surface area contributed by atoms with Gasteiger partial charge in [-0.3, -0.25) is 0 Å². The van der Waals surface area contributed by atoms with E-state index in [4.69, 9.17) is 45.5 Å². The minimum atomic E-state index is -4.03. The molecule has 1 unspecified atom stereocenters. The van der Waals surface area contributed by atoms with Crippen LogP contribution in [0, 0.1) is 0 Å². The van der Waals surface area contributed by atoms with Gasteiger partial charge in [0.1, 0.15) is 0 Å². The van der Waals surface area contributed by atoms with Crippen molar-refractivity contribution in [3.8, 4) is 0 Å². The van der Waals surface area contributed by atoms with Gasteiger partial charge >= 0.3 is 0 Å². The van der Waals surface area contributed by atoms with Crippen molar-refractivity contribution in [2.75, 3.05) is 0 Å². The van der Waals surface area contributed by atoms with E-state index in [1.54, 1.807) is 0 Å². The monoisotopic (exact) mass is 244 g/mol. The molecule has 0 aromatic heterocycles. The zero-order chi connectivity index (χ0) is 8.58. The Kier molecular flexibility index (Phi) is 3.59. The van der Waals surface area contributed by atoms with Crippen molar-refractivity contribution in [2.24, 2.45) is 0 Å². The van der Waals surface area contributed by atoms with Gasteiger partial charge in [-0.15, -0.1) is 11.6 Å². The van der Waals surface area contributed by atoms with E-state index in [2.05, 4.69) is 0 Å². The van der Waals surface area contributed by atoms with Crippen LogP contribution in [0.1, 0.15) is 6.92 Å². The first-order valence-corrected chi connectivity index (χ1v) is 5.66. The summed E-state index contributed by atoms with van der Waals surface area (Å²) in [5.74, 6) is 0. The highest BCUT2D eigenvalue weighted by Gasteiger charge is 2.43. The fourth-order valence-electron chi connectivity index (χ4n) is 0.194. The normalized spacial score (nSPS) is 16.9. The quantitative estimate of drug-likeness (QED) is 0.553. The number of hydrogen-bond acceptors (Lipinski definition) is 2. The van der Waals surface area contributed by atoms with Crippen LogP contribution in [0.4, 0.5) is 0 Å². The van der Waals surface area contributed by atoms with E-state index in [9.17, 15) is 8.42 Å². The summed E-state index contributed by atoms with van der Waals surface area (Å²) in [6.07, 6.45) is 0. The van der Waals surface area contributed by atoms with Gasteiger partial charge in [-0.25, -0.2) is 8.42 Å². The molecule has 7 heteroatoms. The first-order chi connectivity index (χ1) is 4.19. The summed E-state index contributed by atoms with van der Waals surface area (Å²) in [7, 11) is 0.813. The SMILES string of the molecule is CC(Cl)C(Cl)(Cl)S(=O)(=O)Cl. The van der Waals surface area contributed by atoms with Gasteiger partial charge in [0.15, 0.2) is 0 Å². The van der Waals surface area contributed by atoms with Crippen LogP contribution in [-0.4, -0.2) is 17.5 Å². The Balaban J connectivity index is 4.76. The lowest BCUT2D eigenvalue weighted by Crippen LogP contribution is -2.30. The third-order valence-corrected chi connectivity index (χ3v) is 5.55. The Morgan fingerprint density at radius 1 is 1.40 bits per heavy atom. The standard InChI is InChI=1S/C3H4Cl4O2S/c1-2(4)3(5,6)10(7,8)9/h2H,1H3. The summed E-state index contributed by atoms with van der Waals surface area (Å²) in [6.45, 7) is 1.33. The predicted molar refractivity (Wildman–Crippen MR) is 44.5 cm³/mol. The molecule has 0 aromatic carbocycles. The molecule has 0 heterocycles. The molecule has 0 spiro atoms. The van der Waals surface area contributed by atoms with Crippen LogP contribution in [0.3, 0.4) is 0 Å². The first-order valence-electron chi connectivity index (χ1n) is 2.15. The van der Waals surface area contributed by atoms with Crippen molar-refractivity contribution in [1.82, 2.24) is 0 Å². The van der Waals surface area contributed by atoms with Crippen molar-refractivity contribution < 1.29 is 8.42 Å². The molecule has 0 bridgehead atoms. The van der Waals surface area contributed by atoms with Crippen LogP contribution >= 0.6 is 45.5 Å². The minimum absolute atomic E-state index is 0.960. The molecule has 0 amide bonds. The van der Waals surface area contributed by atoms with Crippen LogP contribution in [0.15, 0.2) is 0 Å². The highest BCUT2D eigenvalue weighted by Crippen LogP contribution is 2.37. The third-order valence-electron chi connectivity index (χ3n) is 0.788. The summed E-state index contributed by atoms with van der Waals surface area (Å²) >= 11 is 15.8. The molecule has 0 radical (unpaired) electrons. The summed E-state index contributed by atoms with van der Waals surface area (Å²) in [5.41, 5.74) is 0. The third kappa shape index (κ3) is 2.31. The lowest BCUT2D eigenvalue weighted by molar-refractivity contribution is 0.601. The van der Waals surface area contributed by atoms with Crippen molar-refractivity contribution in [3.63, 3.8) is 0 Å². The van der Waals surface area contributed by atoms with Gasteiger partial charge in [0.05, 0.1) is 5.38 Å². The molecule has 0 aromatic rings. The smallest absolute Gasteiger partial charge is 0.209 e. The molecule has 10 heavy (non-hydrogen) atoms. The van der Waals surface area contributed by atoms with Gasteiger partial charge in [0, 0.05) is 10.7 Å². The zero-order valence-electron chi connectivity index (χ0n) is 4.81. The second-order valence-corrected chi connectivity index (χ2v) is 6.84. The van der Waals surface area contributed by atoms with E-state index >= 15 is 0 Å². The maximum atomic E-state index is 10.5. The first kappa shape index (κ1) is 11.1. The average molecular weight is 246 g/mol. The second kappa shape index (κ2) is 3.23. The van der Waals surface area contributed by atoms with Crippen LogP contribution < -0.4 is 0 Å². The van der Waals surface area contributed by atoms with Crippen LogP contribution in [0.5, 0.6) is 0 Å². The van der Waals surface area contributed by atoms with Crippen molar-refractivity contribution in [1.29, 1.82) is 0 Å². The van der Waals surface area contributed by atoms with Gasteiger partial charge in [0.25, 0.3) is 9.05 Å². The molecule has 0 N–H and O–H groups in total. The fourth-order valence-corrected chi connectivity index (χ4v) is 1.47. The van der Waals surface area contributed by atoms with Gasteiger partial charge in [-0.2, -0.15) is 0 Å². The lowest BCUT2D eigenvalue weighted by atomic mass is 10.5. The topological polar surface area (TPSA) is 34.1 Å². The largest absolute Gasteiger partial charge is 0.268 e. The molecule has 0 saturated carbocycles. The number of alkyl halides is 3. The van der Waals surface area contributed by atoms with Crippen molar-refractivity contribution >= 4 is 54.5 Å². The Hall–Kier alpha value is 1.11. The summed E-state index contributed by atoms with van der Waals surface area (Å²) in [6, 6.07) is 0. The summed E-state index contributed by atoms with van der Waals surface area (Å²) < 4.78 is 18.9. The van der Waals surface area contributed by atoms with E-state index < -0.39 is 18.1 Å². The van der Waals surface area contributed by atoms with Gasteiger partial charge in [-0.1, -0.05) is 23.2 Å². The molecule has 0 rings (SSSR count). The molecule has 2 nitrogen and oxygen atoms in total. The van der Waals surface area contributed by atoms with Crippen LogP contribution in [0.2, 0.25) is 0 Å². The molecule has 0 aliphatic rings. The fraction of sp³-hybridized carbons (Fsp3) is 1.00. The van der Waals surface area contributed by atoms with Gasteiger partial charge in [0.2, 0.25) is 3.67 Å². The molecule has 1 atom stereocenters. The van der Waals surface area contributed by atoms with E-state index in [0.717, 1.165) is 0 Å². The Labute approximate surface area is 78.8 Å². The predicted octanol–water partition coefficient (Wildman–Crippen LogP) is 2.31. The van der Waals surface area contributed by atoms with Crippen molar-refractivity contribution in [2.45, 2.75) is 16.0 Å². The average Bonchev–Trinajstić information content (AvgIpc) is 1.62. The van der Waals surface area contributed by atoms with Crippen LogP contribution in [0.25, 0.3) is 0 Å². The highest BCUT2D eigenvalue weighted by atomic mass is 35.7.